The quantitative estimate of drug-likeness (QED) is 0.178. The van der Waals surface area contributed by atoms with Crippen LogP contribution in [0.15, 0.2) is 171 Å². The average Bonchev–Trinajstić information content (AvgIpc) is 3.60. The number of hydrogen-bond donors (Lipinski definition) is 0. The number of aromatic nitrogens is 2. The maximum atomic E-state index is 4.01. The number of nitrogens with zero attached hydrogens (tertiary/aromatic N) is 2. The second-order valence-corrected chi connectivity index (χ2v) is 11.1. The Labute approximate surface area is 256 Å². The van der Waals surface area contributed by atoms with Crippen LogP contribution in [0.4, 0.5) is 0 Å². The van der Waals surface area contributed by atoms with Crippen LogP contribution < -0.4 is 0 Å². The van der Waals surface area contributed by atoms with E-state index in [2.05, 4.69) is 162 Å². The van der Waals surface area contributed by atoms with Gasteiger partial charge in [0.15, 0.2) is 0 Å². The molecule has 2 heterocycles. The normalized spacial score (nSPS) is 12.0. The van der Waals surface area contributed by atoms with Crippen LogP contribution in [-0.2, 0) is 0 Å². The first-order valence-electron chi connectivity index (χ1n) is 14.9. The van der Waals surface area contributed by atoms with Crippen molar-refractivity contribution < 1.29 is 0 Å². The molecule has 0 unspecified atom stereocenters. The lowest BCUT2D eigenvalue weighted by molar-refractivity contribution is 1.18. The van der Waals surface area contributed by atoms with Gasteiger partial charge in [-0.15, -0.1) is 0 Å². The molecule has 8 aromatic rings. The van der Waals surface area contributed by atoms with Gasteiger partial charge in [-0.2, -0.15) is 0 Å². The summed E-state index contributed by atoms with van der Waals surface area (Å²) in [6, 6.07) is 50.4. The molecular weight excluding hydrogens is 532 g/mol. The molecule has 8 rings (SSSR count). The fraction of sp³-hybridized carbons (Fsp3) is 0. The maximum absolute atomic E-state index is 4.01. The first-order valence-corrected chi connectivity index (χ1v) is 14.9. The molecule has 0 aliphatic heterocycles. The Morgan fingerprint density at radius 2 is 0.977 bits per heavy atom. The Kier molecular flexibility index (Phi) is 6.13. The maximum Gasteiger partial charge on any atom is 0.0541 e. The van der Waals surface area contributed by atoms with E-state index in [1.165, 1.54) is 60.4 Å². The van der Waals surface area contributed by atoms with Gasteiger partial charge >= 0.3 is 0 Å². The van der Waals surface area contributed by atoms with Gasteiger partial charge in [-0.3, -0.25) is 0 Å². The highest BCUT2D eigenvalue weighted by atomic mass is 15.0. The highest BCUT2D eigenvalue weighted by Crippen LogP contribution is 2.38. The highest BCUT2D eigenvalue weighted by molar-refractivity contribution is 6.12. The van der Waals surface area contributed by atoms with Gasteiger partial charge in [-0.05, 0) is 82.9 Å². The van der Waals surface area contributed by atoms with E-state index in [0.29, 0.717) is 0 Å². The summed E-state index contributed by atoms with van der Waals surface area (Å²) in [4.78, 5) is 0. The molecule has 2 nitrogen and oxygen atoms in total. The molecule has 0 amide bonds. The third kappa shape index (κ3) is 4.04. The smallest absolute Gasteiger partial charge is 0.0541 e. The fourth-order valence-corrected chi connectivity index (χ4v) is 6.67. The van der Waals surface area contributed by atoms with E-state index in [9.17, 15) is 0 Å². The minimum absolute atomic E-state index is 1.05. The zero-order valence-corrected chi connectivity index (χ0v) is 24.3. The zero-order valence-electron chi connectivity index (χ0n) is 24.3. The van der Waals surface area contributed by atoms with Crippen molar-refractivity contribution >= 4 is 49.2 Å². The van der Waals surface area contributed by atoms with Gasteiger partial charge in [0, 0.05) is 32.9 Å². The van der Waals surface area contributed by atoms with Crippen LogP contribution in [0, 0.1) is 0 Å². The minimum atomic E-state index is 1.05. The average molecular weight is 563 g/mol. The molecule has 0 atom stereocenters. The molecule has 0 fully saturated rings. The van der Waals surface area contributed by atoms with Crippen LogP contribution in [0.2, 0.25) is 0 Å². The molecule has 0 N–H and O–H groups in total. The second-order valence-electron chi connectivity index (χ2n) is 11.1. The molecule has 0 saturated heterocycles. The van der Waals surface area contributed by atoms with Gasteiger partial charge in [-0.25, -0.2) is 0 Å². The van der Waals surface area contributed by atoms with Gasteiger partial charge < -0.3 is 9.13 Å². The molecule has 44 heavy (non-hydrogen) atoms. The monoisotopic (exact) mass is 562 g/mol. The molecule has 0 saturated carbocycles. The summed E-state index contributed by atoms with van der Waals surface area (Å²) in [6.45, 7) is 7.89. The lowest BCUT2D eigenvalue weighted by Crippen LogP contribution is -1.95. The molecule has 2 aromatic heterocycles. The lowest BCUT2D eigenvalue weighted by atomic mass is 10.0. The van der Waals surface area contributed by atoms with Gasteiger partial charge in [-0.1, -0.05) is 110 Å². The van der Waals surface area contributed by atoms with Crippen molar-refractivity contribution in [1.82, 2.24) is 9.13 Å². The van der Waals surface area contributed by atoms with Crippen molar-refractivity contribution in [2.75, 3.05) is 0 Å². The Bertz CT molecular complexity index is 2410. The Balaban J connectivity index is 1.32. The largest absolute Gasteiger partial charge is 0.309 e. The molecule has 0 radical (unpaired) electrons. The van der Waals surface area contributed by atoms with Crippen LogP contribution in [-0.4, -0.2) is 9.13 Å². The minimum Gasteiger partial charge on any atom is -0.309 e. The fourth-order valence-electron chi connectivity index (χ4n) is 6.67. The summed E-state index contributed by atoms with van der Waals surface area (Å²) in [7, 11) is 0. The van der Waals surface area contributed by atoms with Crippen molar-refractivity contribution in [3.8, 4) is 22.5 Å². The van der Waals surface area contributed by atoms with Crippen LogP contribution in [0.25, 0.3) is 71.7 Å². The van der Waals surface area contributed by atoms with E-state index in [4.69, 9.17) is 0 Å². The molecule has 6 aromatic carbocycles. The summed E-state index contributed by atoms with van der Waals surface area (Å²) in [5.74, 6) is 0. The molecule has 0 spiro atoms. The van der Waals surface area contributed by atoms with Crippen LogP contribution in [0.1, 0.15) is 5.56 Å². The second kappa shape index (κ2) is 10.4. The molecular formula is C42H30N2. The number of rotatable bonds is 6. The van der Waals surface area contributed by atoms with E-state index in [-0.39, 0.29) is 0 Å². The Hall–Kier alpha value is -5.86. The van der Waals surface area contributed by atoms with Crippen molar-refractivity contribution in [2.24, 2.45) is 0 Å². The molecule has 2 heteroatoms. The Morgan fingerprint density at radius 3 is 1.57 bits per heavy atom. The topological polar surface area (TPSA) is 9.86 Å². The molecule has 0 bridgehead atoms. The van der Waals surface area contributed by atoms with Crippen molar-refractivity contribution in [1.29, 1.82) is 0 Å². The van der Waals surface area contributed by atoms with Crippen LogP contribution in [0.5, 0.6) is 0 Å². The van der Waals surface area contributed by atoms with E-state index < -0.39 is 0 Å². The molecule has 208 valence electrons. The van der Waals surface area contributed by atoms with Gasteiger partial charge in [0.05, 0.1) is 22.1 Å². The predicted molar refractivity (Wildman–Crippen MR) is 189 cm³/mol. The standard InChI is InChI=1S/C42H30N2/c1-3-13-29(4-2)30-14-12-17-34(26-30)44-40-21-11-9-19-36(40)38-28-32(23-25-42(38)44)31-22-24-41-37(27-31)35-18-8-10-20-39(35)43(41)33-15-6-5-7-16-33/h3-28H,1-2H2/b29-13+. The predicted octanol–water partition coefficient (Wildman–Crippen LogP) is 11.3. The van der Waals surface area contributed by atoms with Gasteiger partial charge in [0.25, 0.3) is 0 Å². The summed E-state index contributed by atoms with van der Waals surface area (Å²) in [5, 5.41) is 4.99. The molecule has 0 aliphatic carbocycles. The van der Waals surface area contributed by atoms with Crippen molar-refractivity contribution in [3.05, 3.63) is 176 Å². The number of para-hydroxylation sites is 3. The highest BCUT2D eigenvalue weighted by Gasteiger charge is 2.16. The number of benzene rings is 6. The SMILES string of the molecule is C=C/C=C(\C=C)c1cccc(-n2c3ccccc3c3cc(-c4ccc5c(c4)c4ccccc4n5-c4ccccc4)ccc32)c1. The molecule has 0 aliphatic rings. The number of fused-ring (bicyclic) bond motifs is 6. The van der Waals surface area contributed by atoms with Gasteiger partial charge in [0.2, 0.25) is 0 Å². The van der Waals surface area contributed by atoms with Crippen LogP contribution in [0.3, 0.4) is 0 Å². The third-order valence-electron chi connectivity index (χ3n) is 8.65. The van der Waals surface area contributed by atoms with E-state index in [0.717, 1.165) is 16.8 Å². The van der Waals surface area contributed by atoms with E-state index in [1.54, 1.807) is 0 Å². The first-order chi connectivity index (χ1) is 21.7. The summed E-state index contributed by atoms with van der Waals surface area (Å²) in [5.41, 5.74) is 11.7. The number of allylic oxidation sites excluding steroid dienone is 4. The van der Waals surface area contributed by atoms with E-state index >= 15 is 0 Å². The van der Waals surface area contributed by atoms with Crippen molar-refractivity contribution in [3.63, 3.8) is 0 Å². The third-order valence-corrected chi connectivity index (χ3v) is 8.65. The number of hydrogen-bond acceptors (Lipinski definition) is 0. The summed E-state index contributed by atoms with van der Waals surface area (Å²) in [6.07, 6.45) is 5.69. The first kappa shape index (κ1) is 25.8. The Morgan fingerprint density at radius 1 is 0.455 bits per heavy atom. The summed E-state index contributed by atoms with van der Waals surface area (Å²) < 4.78 is 4.73. The van der Waals surface area contributed by atoms with Crippen LogP contribution >= 0.6 is 0 Å². The van der Waals surface area contributed by atoms with Crippen molar-refractivity contribution in [2.45, 2.75) is 0 Å². The van der Waals surface area contributed by atoms with E-state index in [1.807, 2.05) is 18.2 Å². The van der Waals surface area contributed by atoms with Gasteiger partial charge in [0.1, 0.15) is 0 Å². The zero-order chi connectivity index (χ0) is 29.6. The summed E-state index contributed by atoms with van der Waals surface area (Å²) >= 11 is 0. The lowest BCUT2D eigenvalue weighted by Gasteiger charge is -2.11.